The average molecular weight is 339 g/mol. The van der Waals surface area contributed by atoms with Gasteiger partial charge in [-0.1, -0.05) is 31.0 Å². The minimum atomic E-state index is -1.38. The number of benzene rings is 1. The maximum atomic E-state index is 12.7. The van der Waals surface area contributed by atoms with Crippen LogP contribution in [0.4, 0.5) is 0 Å². The molecule has 3 atom stereocenters. The summed E-state index contributed by atoms with van der Waals surface area (Å²) in [7, 11) is 0. The number of carboxylic acids is 1. The van der Waals surface area contributed by atoms with Gasteiger partial charge in [-0.2, -0.15) is 0 Å². The molecule has 1 saturated carbocycles. The third-order valence-corrected chi connectivity index (χ3v) is 5.55. The first-order chi connectivity index (χ1) is 12.1. The molecule has 0 unspecified atom stereocenters. The van der Waals surface area contributed by atoms with Crippen molar-refractivity contribution >= 4 is 28.7 Å². The Bertz CT molecular complexity index is 832. The molecule has 1 saturated heterocycles. The highest BCUT2D eigenvalue weighted by molar-refractivity contribution is 6.07. The molecule has 4 rings (SSSR count). The number of amides is 2. The van der Waals surface area contributed by atoms with E-state index in [1.165, 1.54) is 0 Å². The molecule has 1 aliphatic carbocycles. The average Bonchev–Trinajstić information content (AvgIpc) is 3.13. The molecule has 1 N–H and O–H groups in total. The predicted octanol–water partition coefficient (Wildman–Crippen LogP) is 1.00. The van der Waals surface area contributed by atoms with E-state index in [0.29, 0.717) is 12.8 Å². The molecule has 6 nitrogen and oxygen atoms in total. The molecule has 130 valence electrons. The number of H-pyrrole nitrogens is 1. The molecule has 25 heavy (non-hydrogen) atoms. The van der Waals surface area contributed by atoms with Crippen LogP contribution in [0.3, 0.4) is 0 Å². The van der Waals surface area contributed by atoms with E-state index in [1.54, 1.807) is 6.20 Å². The Labute approximate surface area is 144 Å². The van der Waals surface area contributed by atoms with Crippen molar-refractivity contribution in [2.45, 2.75) is 38.1 Å². The summed E-state index contributed by atoms with van der Waals surface area (Å²) in [5.41, 5.74) is 1.66. The summed E-state index contributed by atoms with van der Waals surface area (Å²) in [5.74, 6) is -2.78. The van der Waals surface area contributed by atoms with Crippen LogP contribution in [0.5, 0.6) is 0 Å². The molecule has 2 fully saturated rings. The zero-order valence-electron chi connectivity index (χ0n) is 13.7. The number of hydrogen-bond acceptors (Lipinski definition) is 4. The largest absolute Gasteiger partial charge is 0.548 e. The molecule has 1 aliphatic heterocycles. The molecule has 0 bridgehead atoms. The van der Waals surface area contributed by atoms with Gasteiger partial charge in [0, 0.05) is 23.5 Å². The number of aromatic amines is 1. The first-order valence-corrected chi connectivity index (χ1v) is 8.70. The maximum Gasteiger partial charge on any atom is 0.233 e. The van der Waals surface area contributed by atoms with Crippen molar-refractivity contribution in [3.63, 3.8) is 0 Å². The van der Waals surface area contributed by atoms with E-state index in [9.17, 15) is 19.5 Å². The van der Waals surface area contributed by atoms with Crippen LogP contribution in [0.1, 0.15) is 31.2 Å². The number of fused-ring (bicyclic) bond motifs is 2. The molecule has 1 aromatic heterocycles. The quantitative estimate of drug-likeness (QED) is 0.841. The van der Waals surface area contributed by atoms with Crippen LogP contribution < -0.4 is 5.11 Å². The Morgan fingerprint density at radius 1 is 1.16 bits per heavy atom. The van der Waals surface area contributed by atoms with E-state index in [2.05, 4.69) is 4.98 Å². The zero-order chi connectivity index (χ0) is 17.6. The summed E-state index contributed by atoms with van der Waals surface area (Å²) in [6.45, 7) is 0. The van der Waals surface area contributed by atoms with E-state index >= 15 is 0 Å². The fraction of sp³-hybridized carbons (Fsp3) is 0.421. The van der Waals surface area contributed by atoms with Gasteiger partial charge >= 0.3 is 0 Å². The summed E-state index contributed by atoms with van der Waals surface area (Å²) in [6, 6.07) is 6.28. The van der Waals surface area contributed by atoms with Gasteiger partial charge in [-0.15, -0.1) is 0 Å². The molecule has 2 aromatic rings. The van der Waals surface area contributed by atoms with Crippen LogP contribution in [0.25, 0.3) is 10.9 Å². The Kier molecular flexibility index (Phi) is 3.82. The molecule has 2 aliphatic rings. The minimum absolute atomic E-state index is 0.0588. The summed E-state index contributed by atoms with van der Waals surface area (Å²) < 4.78 is 0. The first kappa shape index (κ1) is 15.9. The van der Waals surface area contributed by atoms with Gasteiger partial charge in [0.2, 0.25) is 11.8 Å². The van der Waals surface area contributed by atoms with Gasteiger partial charge in [-0.3, -0.25) is 14.5 Å². The fourth-order valence-electron chi connectivity index (χ4n) is 4.28. The van der Waals surface area contributed by atoms with E-state index in [1.807, 2.05) is 24.3 Å². The molecule has 2 amide bonds. The van der Waals surface area contributed by atoms with Crippen LogP contribution in [0.15, 0.2) is 30.5 Å². The number of imide groups is 1. The van der Waals surface area contributed by atoms with Crippen LogP contribution in [0, 0.1) is 11.8 Å². The summed E-state index contributed by atoms with van der Waals surface area (Å²) in [6.07, 6.45) is 4.94. The van der Waals surface area contributed by atoms with Gasteiger partial charge in [0.15, 0.2) is 0 Å². The van der Waals surface area contributed by atoms with Crippen LogP contribution in [-0.2, 0) is 20.8 Å². The number of aromatic nitrogens is 1. The number of nitrogens with one attached hydrogen (secondary N) is 1. The van der Waals surface area contributed by atoms with Crippen molar-refractivity contribution in [1.29, 1.82) is 0 Å². The Morgan fingerprint density at radius 2 is 1.80 bits per heavy atom. The number of carboxylic acid groups (broad SMARTS) is 1. The standard InChI is InChI=1S/C19H20N2O4/c22-17-13-6-1-2-7-14(13)18(23)21(17)16(19(24)25)9-11-10-20-15-8-4-3-5-12(11)15/h3-5,8,10,13-14,16,20H,1-2,6-7,9H2,(H,24,25)/p-1/t13-,14+,16-/m0/s1. The van der Waals surface area contributed by atoms with E-state index in [4.69, 9.17) is 0 Å². The second kappa shape index (κ2) is 6.02. The number of hydrogen-bond donors (Lipinski definition) is 1. The number of nitrogens with zero attached hydrogens (tertiary/aromatic N) is 1. The molecule has 2 heterocycles. The maximum absolute atomic E-state index is 12.7. The molecule has 6 heteroatoms. The highest BCUT2D eigenvalue weighted by Gasteiger charge is 2.50. The molecular weight excluding hydrogens is 320 g/mol. The van der Waals surface area contributed by atoms with Crippen molar-refractivity contribution in [3.8, 4) is 0 Å². The normalized spacial score (nSPS) is 24.6. The van der Waals surface area contributed by atoms with E-state index < -0.39 is 12.0 Å². The van der Waals surface area contributed by atoms with E-state index in [0.717, 1.165) is 34.2 Å². The lowest BCUT2D eigenvalue weighted by molar-refractivity contribution is -0.310. The van der Waals surface area contributed by atoms with Crippen molar-refractivity contribution in [2.75, 3.05) is 0 Å². The van der Waals surface area contributed by atoms with Gasteiger partial charge < -0.3 is 14.9 Å². The van der Waals surface area contributed by atoms with Crippen molar-refractivity contribution in [1.82, 2.24) is 9.88 Å². The Morgan fingerprint density at radius 3 is 2.44 bits per heavy atom. The van der Waals surface area contributed by atoms with Crippen LogP contribution in [-0.4, -0.2) is 33.7 Å². The SMILES string of the molecule is O=C([O-])[C@H](Cc1c[nH]c2ccccc12)N1C(=O)[C@H]2CCCC[C@H]2C1=O. The lowest BCUT2D eigenvalue weighted by Crippen LogP contribution is -2.52. The monoisotopic (exact) mass is 339 g/mol. The molecular formula is C19H19N2O4-. The van der Waals surface area contributed by atoms with Gasteiger partial charge in [0.05, 0.1) is 23.8 Å². The number of para-hydroxylation sites is 1. The van der Waals surface area contributed by atoms with Gasteiger partial charge in [-0.05, 0) is 24.5 Å². The molecule has 0 spiro atoms. The smallest absolute Gasteiger partial charge is 0.233 e. The van der Waals surface area contributed by atoms with Crippen molar-refractivity contribution < 1.29 is 19.5 Å². The predicted molar refractivity (Wildman–Crippen MR) is 88.1 cm³/mol. The van der Waals surface area contributed by atoms with Crippen molar-refractivity contribution in [3.05, 3.63) is 36.0 Å². The molecule has 0 radical (unpaired) electrons. The third-order valence-electron chi connectivity index (χ3n) is 5.55. The van der Waals surface area contributed by atoms with E-state index in [-0.39, 0.29) is 30.1 Å². The minimum Gasteiger partial charge on any atom is -0.548 e. The lowest BCUT2D eigenvalue weighted by atomic mass is 9.81. The fourth-order valence-corrected chi connectivity index (χ4v) is 4.28. The Balaban J connectivity index is 1.66. The highest BCUT2D eigenvalue weighted by Crippen LogP contribution is 2.39. The second-order valence-corrected chi connectivity index (χ2v) is 6.94. The van der Waals surface area contributed by atoms with Crippen LogP contribution in [0.2, 0.25) is 0 Å². The topological polar surface area (TPSA) is 93.3 Å². The lowest BCUT2D eigenvalue weighted by Gasteiger charge is -2.27. The number of aliphatic carboxylic acids is 1. The zero-order valence-corrected chi connectivity index (χ0v) is 13.7. The van der Waals surface area contributed by atoms with Gasteiger partial charge in [-0.25, -0.2) is 0 Å². The van der Waals surface area contributed by atoms with Crippen molar-refractivity contribution in [2.24, 2.45) is 11.8 Å². The summed E-state index contributed by atoms with van der Waals surface area (Å²) in [5, 5.41) is 12.7. The first-order valence-electron chi connectivity index (χ1n) is 8.70. The second-order valence-electron chi connectivity index (χ2n) is 6.94. The summed E-state index contributed by atoms with van der Waals surface area (Å²) >= 11 is 0. The van der Waals surface area contributed by atoms with Gasteiger partial charge in [0.1, 0.15) is 0 Å². The summed E-state index contributed by atoms with van der Waals surface area (Å²) in [4.78, 5) is 41.2. The third kappa shape index (κ3) is 2.52. The highest BCUT2D eigenvalue weighted by atomic mass is 16.4. The molecule has 1 aromatic carbocycles. The number of carbonyl (C=O) groups is 3. The number of likely N-dealkylation sites (tertiary alicyclic amines) is 1. The Hall–Kier alpha value is -2.63. The van der Waals surface area contributed by atoms with Crippen LogP contribution >= 0.6 is 0 Å². The number of carbonyl (C=O) groups excluding carboxylic acids is 3. The van der Waals surface area contributed by atoms with Gasteiger partial charge in [0.25, 0.3) is 0 Å². The number of rotatable bonds is 4.